The Morgan fingerprint density at radius 3 is 2.67 bits per heavy atom. The molecule has 0 atom stereocenters. The molecule has 0 unspecified atom stereocenters. The van der Waals surface area contributed by atoms with Crippen molar-refractivity contribution >= 4 is 23.3 Å². The Hall–Kier alpha value is -3.39. The first-order valence-electron chi connectivity index (χ1n) is 12.6. The van der Waals surface area contributed by atoms with Crippen molar-refractivity contribution in [2.24, 2.45) is 0 Å². The van der Waals surface area contributed by atoms with Gasteiger partial charge in [-0.25, -0.2) is 0 Å². The van der Waals surface area contributed by atoms with Crippen molar-refractivity contribution in [2.45, 2.75) is 40.5 Å². The van der Waals surface area contributed by atoms with Gasteiger partial charge in [0.05, 0.1) is 5.69 Å². The lowest BCUT2D eigenvalue weighted by atomic mass is 10.1. The van der Waals surface area contributed by atoms with E-state index in [1.54, 1.807) is 23.1 Å². The molecule has 0 saturated heterocycles. The van der Waals surface area contributed by atoms with Gasteiger partial charge < -0.3 is 24.6 Å². The molecule has 1 aliphatic heterocycles. The Balaban J connectivity index is 1.58. The predicted octanol–water partition coefficient (Wildman–Crippen LogP) is 3.53. The number of fused-ring (bicyclic) bond motifs is 1. The zero-order valence-electron chi connectivity index (χ0n) is 21.8. The Labute approximate surface area is 213 Å². The van der Waals surface area contributed by atoms with Crippen molar-refractivity contribution in [1.82, 2.24) is 10.2 Å². The average Bonchev–Trinajstić information content (AvgIpc) is 2.88. The van der Waals surface area contributed by atoms with Crippen molar-refractivity contribution in [3.8, 4) is 11.5 Å². The molecule has 194 valence electrons. The number of ketones is 1. The molecule has 0 fully saturated rings. The molecule has 0 saturated carbocycles. The monoisotopic (exact) mass is 495 g/mol. The summed E-state index contributed by atoms with van der Waals surface area (Å²) in [7, 11) is 0. The van der Waals surface area contributed by atoms with Crippen LogP contribution in [0.1, 0.15) is 48.2 Å². The minimum atomic E-state index is -0.194. The number of hydrogen-bond donors (Lipinski definition) is 1. The van der Waals surface area contributed by atoms with E-state index >= 15 is 0 Å². The van der Waals surface area contributed by atoms with Crippen LogP contribution in [0.25, 0.3) is 0 Å². The van der Waals surface area contributed by atoms with E-state index in [0.29, 0.717) is 48.7 Å². The van der Waals surface area contributed by atoms with Gasteiger partial charge in [0.15, 0.2) is 19.0 Å². The Bertz CT molecular complexity index is 1080. The summed E-state index contributed by atoms with van der Waals surface area (Å²) < 4.78 is 11.3. The molecule has 2 aromatic carbocycles. The third kappa shape index (κ3) is 7.07. The third-order valence-electron chi connectivity index (χ3n) is 6.57. The second-order valence-corrected chi connectivity index (χ2v) is 8.91. The molecule has 0 aliphatic carbocycles. The average molecular weight is 496 g/mol. The summed E-state index contributed by atoms with van der Waals surface area (Å²) in [4.78, 5) is 41.5. The number of anilines is 1. The zero-order valence-corrected chi connectivity index (χ0v) is 21.8. The van der Waals surface area contributed by atoms with E-state index in [1.807, 2.05) is 32.0 Å². The van der Waals surface area contributed by atoms with Gasteiger partial charge in [0.1, 0.15) is 11.5 Å². The molecular formula is C28H37N3O5. The van der Waals surface area contributed by atoms with Crippen molar-refractivity contribution < 1.29 is 23.9 Å². The van der Waals surface area contributed by atoms with Gasteiger partial charge in [0.2, 0.25) is 5.91 Å². The topological polar surface area (TPSA) is 88.2 Å². The van der Waals surface area contributed by atoms with Gasteiger partial charge in [-0.1, -0.05) is 26.0 Å². The van der Waals surface area contributed by atoms with Crippen molar-refractivity contribution in [3.05, 3.63) is 53.1 Å². The lowest BCUT2D eigenvalue weighted by Crippen LogP contribution is -2.40. The van der Waals surface area contributed by atoms with E-state index in [2.05, 4.69) is 24.1 Å². The summed E-state index contributed by atoms with van der Waals surface area (Å²) in [6, 6.07) is 10.8. The first-order valence-corrected chi connectivity index (χ1v) is 12.6. The fourth-order valence-corrected chi connectivity index (χ4v) is 4.11. The van der Waals surface area contributed by atoms with Crippen LogP contribution in [0.4, 0.5) is 5.69 Å². The van der Waals surface area contributed by atoms with Crippen LogP contribution in [0.3, 0.4) is 0 Å². The summed E-state index contributed by atoms with van der Waals surface area (Å²) in [6.07, 6.45) is 0.830. The maximum atomic E-state index is 12.9. The van der Waals surface area contributed by atoms with E-state index < -0.39 is 0 Å². The highest BCUT2D eigenvalue weighted by molar-refractivity contribution is 6.02. The number of hydrogen-bond acceptors (Lipinski definition) is 6. The molecule has 3 rings (SSSR count). The van der Waals surface area contributed by atoms with Crippen molar-refractivity contribution in [3.63, 3.8) is 0 Å². The second-order valence-electron chi connectivity index (χ2n) is 8.91. The number of Topliss-reactive ketones (excluding diaryl/α,β-unsaturated/α-hetero) is 1. The quantitative estimate of drug-likeness (QED) is 0.428. The highest BCUT2D eigenvalue weighted by atomic mass is 16.5. The molecule has 0 radical (unpaired) electrons. The normalized spacial score (nSPS) is 12.8. The Kier molecular flexibility index (Phi) is 9.87. The van der Waals surface area contributed by atoms with Gasteiger partial charge in [-0.2, -0.15) is 0 Å². The zero-order chi connectivity index (χ0) is 26.1. The molecule has 8 nitrogen and oxygen atoms in total. The molecular weight excluding hydrogens is 458 g/mol. The lowest BCUT2D eigenvalue weighted by molar-refractivity contribution is -0.122. The fourth-order valence-electron chi connectivity index (χ4n) is 4.11. The van der Waals surface area contributed by atoms with Gasteiger partial charge in [-0.05, 0) is 68.8 Å². The van der Waals surface area contributed by atoms with Crippen LogP contribution in [-0.4, -0.2) is 68.4 Å². The summed E-state index contributed by atoms with van der Waals surface area (Å²) >= 11 is 0. The molecule has 36 heavy (non-hydrogen) atoms. The van der Waals surface area contributed by atoms with Gasteiger partial charge >= 0.3 is 0 Å². The number of nitrogens with zero attached hydrogens (tertiary/aromatic N) is 2. The number of rotatable bonds is 13. The Morgan fingerprint density at radius 2 is 1.92 bits per heavy atom. The number of aryl methyl sites for hydroxylation is 1. The number of likely N-dealkylation sites (N-methyl/N-ethyl adjacent to an activating group) is 1. The van der Waals surface area contributed by atoms with Crippen LogP contribution in [0.2, 0.25) is 0 Å². The number of amides is 2. The summed E-state index contributed by atoms with van der Waals surface area (Å²) in [5.74, 6) is 0.808. The van der Waals surface area contributed by atoms with Crippen molar-refractivity contribution in [1.29, 1.82) is 0 Å². The first kappa shape index (κ1) is 27.2. The first-order chi connectivity index (χ1) is 17.3. The number of carbonyl (C=O) groups excluding carboxylic acids is 3. The smallest absolute Gasteiger partial charge is 0.265 e. The molecule has 0 bridgehead atoms. The fraction of sp³-hybridized carbons (Fsp3) is 0.464. The van der Waals surface area contributed by atoms with Crippen LogP contribution < -0.4 is 19.7 Å². The summed E-state index contributed by atoms with van der Waals surface area (Å²) in [6.45, 7) is 11.7. The van der Waals surface area contributed by atoms with E-state index in [0.717, 1.165) is 30.8 Å². The highest BCUT2D eigenvalue weighted by Crippen LogP contribution is 2.33. The van der Waals surface area contributed by atoms with E-state index in [1.165, 1.54) is 0 Å². The largest absolute Gasteiger partial charge is 0.485 e. The number of benzene rings is 2. The molecule has 1 N–H and O–H groups in total. The SMILES string of the molecule is CCN(CC)CCNC(=O)CCCN1C(=O)COc2ccc(C(=O)COc3cccc(C)c3C)cc21. The molecule has 2 aromatic rings. The summed E-state index contributed by atoms with van der Waals surface area (Å²) in [5.41, 5.74) is 3.08. The van der Waals surface area contributed by atoms with Crippen LogP contribution in [0, 0.1) is 13.8 Å². The minimum Gasteiger partial charge on any atom is -0.485 e. The van der Waals surface area contributed by atoms with E-state index in [9.17, 15) is 14.4 Å². The van der Waals surface area contributed by atoms with Gasteiger partial charge in [0, 0.05) is 31.6 Å². The van der Waals surface area contributed by atoms with Crippen LogP contribution in [0.15, 0.2) is 36.4 Å². The van der Waals surface area contributed by atoms with Crippen LogP contribution in [-0.2, 0) is 9.59 Å². The second kappa shape index (κ2) is 13.1. The van der Waals surface area contributed by atoms with Crippen LogP contribution >= 0.6 is 0 Å². The highest BCUT2D eigenvalue weighted by Gasteiger charge is 2.26. The molecule has 2 amide bonds. The molecule has 1 aliphatic rings. The van der Waals surface area contributed by atoms with Crippen molar-refractivity contribution in [2.75, 3.05) is 50.8 Å². The number of ether oxygens (including phenoxy) is 2. The predicted molar refractivity (Wildman–Crippen MR) is 140 cm³/mol. The standard InChI is InChI=1S/C28H37N3O5/c1-5-30(6-2)16-14-29-27(33)11-8-15-31-23-17-22(12-13-26(23)36-19-28(31)34)24(32)18-35-25-10-7-9-20(3)21(25)4/h7,9-10,12-13,17H,5-6,8,11,14-16,18-19H2,1-4H3,(H,29,33). The van der Waals surface area contributed by atoms with E-state index in [-0.39, 0.29) is 30.8 Å². The molecule has 8 heteroatoms. The van der Waals surface area contributed by atoms with Gasteiger partial charge in [-0.15, -0.1) is 0 Å². The maximum Gasteiger partial charge on any atom is 0.265 e. The lowest BCUT2D eigenvalue weighted by Gasteiger charge is -2.29. The van der Waals surface area contributed by atoms with Gasteiger partial charge in [-0.3, -0.25) is 14.4 Å². The third-order valence-corrected chi connectivity index (χ3v) is 6.57. The minimum absolute atomic E-state index is 0.0318. The van der Waals surface area contributed by atoms with Crippen LogP contribution in [0.5, 0.6) is 11.5 Å². The maximum absolute atomic E-state index is 12.9. The van der Waals surface area contributed by atoms with Gasteiger partial charge in [0.25, 0.3) is 5.91 Å². The van der Waals surface area contributed by atoms with E-state index in [4.69, 9.17) is 9.47 Å². The number of nitrogens with one attached hydrogen (secondary N) is 1. The summed E-state index contributed by atoms with van der Waals surface area (Å²) in [5, 5.41) is 2.94. The Morgan fingerprint density at radius 1 is 1.14 bits per heavy atom. The number of carbonyl (C=O) groups is 3. The molecule has 0 spiro atoms. The molecule has 1 heterocycles. The molecule has 0 aromatic heterocycles.